The van der Waals surface area contributed by atoms with E-state index in [0.717, 1.165) is 10.0 Å². The van der Waals surface area contributed by atoms with Crippen molar-refractivity contribution >= 4 is 33.7 Å². The predicted molar refractivity (Wildman–Crippen MR) is 82.5 cm³/mol. The normalized spacial score (nSPS) is 10.7. The number of ketones is 1. The Bertz CT molecular complexity index is 658. The quantitative estimate of drug-likeness (QED) is 0.689. The second-order valence-corrected chi connectivity index (χ2v) is 5.11. The third kappa shape index (κ3) is 3.65. The molecule has 1 amide bonds. The highest BCUT2D eigenvalue weighted by molar-refractivity contribution is 9.10. The van der Waals surface area contributed by atoms with Gasteiger partial charge < -0.3 is 5.73 Å². The van der Waals surface area contributed by atoms with Crippen LogP contribution in [0.25, 0.3) is 6.08 Å². The number of amides is 1. The van der Waals surface area contributed by atoms with Gasteiger partial charge in [0.1, 0.15) is 0 Å². The maximum absolute atomic E-state index is 12.0. The van der Waals surface area contributed by atoms with Crippen LogP contribution in [0.2, 0.25) is 0 Å². The van der Waals surface area contributed by atoms with Gasteiger partial charge in [-0.15, -0.1) is 0 Å². The Balaban J connectivity index is 2.11. The van der Waals surface area contributed by atoms with Crippen LogP contribution < -0.4 is 5.73 Å². The predicted octanol–water partition coefficient (Wildman–Crippen LogP) is 3.44. The van der Waals surface area contributed by atoms with Gasteiger partial charge in [-0.3, -0.25) is 9.59 Å². The molecule has 3 nitrogen and oxygen atoms in total. The molecule has 0 fully saturated rings. The van der Waals surface area contributed by atoms with Crippen LogP contribution in [0, 0.1) is 0 Å². The maximum Gasteiger partial charge on any atom is 0.248 e. The summed E-state index contributed by atoms with van der Waals surface area (Å²) in [7, 11) is 0. The highest BCUT2D eigenvalue weighted by Crippen LogP contribution is 2.12. The Kier molecular flexibility index (Phi) is 4.48. The number of benzene rings is 2. The molecule has 0 heterocycles. The largest absolute Gasteiger partial charge is 0.366 e. The van der Waals surface area contributed by atoms with Crippen molar-refractivity contribution in [3.05, 3.63) is 75.8 Å². The maximum atomic E-state index is 12.0. The van der Waals surface area contributed by atoms with E-state index in [1.165, 1.54) is 6.08 Å². The van der Waals surface area contributed by atoms with E-state index < -0.39 is 5.91 Å². The van der Waals surface area contributed by atoms with E-state index in [0.29, 0.717) is 11.1 Å². The van der Waals surface area contributed by atoms with Crippen molar-refractivity contribution in [1.82, 2.24) is 0 Å². The van der Waals surface area contributed by atoms with E-state index in [-0.39, 0.29) is 5.78 Å². The molecule has 20 heavy (non-hydrogen) atoms. The lowest BCUT2D eigenvalue weighted by Crippen LogP contribution is -2.10. The van der Waals surface area contributed by atoms with Crippen molar-refractivity contribution in [2.45, 2.75) is 0 Å². The van der Waals surface area contributed by atoms with Crippen LogP contribution >= 0.6 is 15.9 Å². The number of carbonyl (C=O) groups is 2. The number of hydrogen-bond acceptors (Lipinski definition) is 2. The molecule has 0 aliphatic carbocycles. The lowest BCUT2D eigenvalue weighted by molar-refractivity contribution is 0.0997. The van der Waals surface area contributed by atoms with Crippen LogP contribution in [0.4, 0.5) is 0 Å². The Hall–Kier alpha value is -2.20. The number of nitrogens with two attached hydrogens (primary N) is 1. The standard InChI is InChI=1S/C16H12BrNO2/c17-14-8-1-11(2-9-14)3-10-15(19)12-4-6-13(7-5-12)16(18)20/h1-10H,(H2,18,20)/b10-3+. The van der Waals surface area contributed by atoms with Gasteiger partial charge in [0.25, 0.3) is 0 Å². The third-order valence-electron chi connectivity index (χ3n) is 2.75. The van der Waals surface area contributed by atoms with Crippen LogP contribution in [0.1, 0.15) is 26.3 Å². The molecule has 0 aliphatic rings. The van der Waals surface area contributed by atoms with E-state index in [2.05, 4.69) is 15.9 Å². The van der Waals surface area contributed by atoms with Crippen molar-refractivity contribution in [1.29, 1.82) is 0 Å². The van der Waals surface area contributed by atoms with E-state index in [9.17, 15) is 9.59 Å². The number of carbonyl (C=O) groups excluding carboxylic acids is 2. The number of rotatable bonds is 4. The minimum atomic E-state index is -0.505. The second-order valence-electron chi connectivity index (χ2n) is 4.19. The smallest absolute Gasteiger partial charge is 0.248 e. The molecule has 4 heteroatoms. The fourth-order valence-electron chi connectivity index (χ4n) is 1.64. The number of allylic oxidation sites excluding steroid dienone is 1. The van der Waals surface area contributed by atoms with Crippen molar-refractivity contribution in [2.75, 3.05) is 0 Å². The van der Waals surface area contributed by atoms with Crippen LogP contribution in [0.5, 0.6) is 0 Å². The summed E-state index contributed by atoms with van der Waals surface area (Å²) >= 11 is 3.35. The van der Waals surface area contributed by atoms with Crippen LogP contribution in [0.15, 0.2) is 59.1 Å². The van der Waals surface area contributed by atoms with Gasteiger partial charge in [-0.2, -0.15) is 0 Å². The first kappa shape index (κ1) is 14.2. The van der Waals surface area contributed by atoms with Crippen molar-refractivity contribution < 1.29 is 9.59 Å². The first-order valence-electron chi connectivity index (χ1n) is 5.94. The molecule has 0 bridgehead atoms. The lowest BCUT2D eigenvalue weighted by Gasteiger charge is -1.98. The van der Waals surface area contributed by atoms with Crippen LogP contribution in [0.3, 0.4) is 0 Å². The SMILES string of the molecule is NC(=O)c1ccc(C(=O)/C=C/c2ccc(Br)cc2)cc1. The van der Waals surface area contributed by atoms with E-state index in [1.807, 2.05) is 24.3 Å². The summed E-state index contributed by atoms with van der Waals surface area (Å²) in [6.45, 7) is 0. The molecular formula is C16H12BrNO2. The van der Waals surface area contributed by atoms with Crippen molar-refractivity contribution in [3.8, 4) is 0 Å². The third-order valence-corrected chi connectivity index (χ3v) is 3.28. The molecule has 0 atom stereocenters. The molecule has 0 unspecified atom stereocenters. The number of hydrogen-bond donors (Lipinski definition) is 1. The average molecular weight is 330 g/mol. The van der Waals surface area contributed by atoms with Crippen LogP contribution in [-0.4, -0.2) is 11.7 Å². The summed E-state index contributed by atoms with van der Waals surface area (Å²) in [6, 6.07) is 13.9. The van der Waals surface area contributed by atoms with E-state index in [4.69, 9.17) is 5.73 Å². The number of primary amides is 1. The highest BCUT2D eigenvalue weighted by Gasteiger charge is 2.04. The molecule has 0 aliphatic heterocycles. The summed E-state index contributed by atoms with van der Waals surface area (Å²) in [4.78, 5) is 22.9. The summed E-state index contributed by atoms with van der Waals surface area (Å²) in [5.74, 6) is -0.627. The summed E-state index contributed by atoms with van der Waals surface area (Å²) < 4.78 is 0.989. The first-order chi connectivity index (χ1) is 9.56. The molecule has 2 rings (SSSR count). The topological polar surface area (TPSA) is 60.2 Å². The molecule has 0 radical (unpaired) electrons. The zero-order valence-electron chi connectivity index (χ0n) is 10.5. The minimum Gasteiger partial charge on any atom is -0.366 e. The molecule has 0 spiro atoms. The molecule has 0 saturated heterocycles. The van der Waals surface area contributed by atoms with Gasteiger partial charge in [0.05, 0.1) is 0 Å². The molecule has 0 saturated carbocycles. The molecule has 100 valence electrons. The van der Waals surface area contributed by atoms with Crippen LogP contribution in [-0.2, 0) is 0 Å². The summed E-state index contributed by atoms with van der Waals surface area (Å²) in [6.07, 6.45) is 3.25. The zero-order valence-corrected chi connectivity index (χ0v) is 12.1. The molecule has 2 aromatic rings. The van der Waals surface area contributed by atoms with Gasteiger partial charge in [-0.05, 0) is 35.9 Å². The second kappa shape index (κ2) is 6.30. The van der Waals surface area contributed by atoms with Gasteiger partial charge in [-0.25, -0.2) is 0 Å². The molecule has 2 aromatic carbocycles. The first-order valence-corrected chi connectivity index (χ1v) is 6.73. The summed E-state index contributed by atoms with van der Waals surface area (Å²) in [5.41, 5.74) is 6.99. The Morgan fingerprint density at radius 3 is 2.00 bits per heavy atom. The average Bonchev–Trinajstić information content (AvgIpc) is 2.46. The Morgan fingerprint density at radius 2 is 1.45 bits per heavy atom. The fourth-order valence-corrected chi connectivity index (χ4v) is 1.91. The Morgan fingerprint density at radius 1 is 0.900 bits per heavy atom. The monoisotopic (exact) mass is 329 g/mol. The van der Waals surface area contributed by atoms with E-state index in [1.54, 1.807) is 30.3 Å². The van der Waals surface area contributed by atoms with Gasteiger partial charge in [0.2, 0.25) is 5.91 Å². The van der Waals surface area contributed by atoms with Gasteiger partial charge in [-0.1, -0.05) is 46.3 Å². The molecule has 0 aromatic heterocycles. The zero-order chi connectivity index (χ0) is 14.5. The van der Waals surface area contributed by atoms with Crippen molar-refractivity contribution in [3.63, 3.8) is 0 Å². The lowest BCUT2D eigenvalue weighted by atomic mass is 10.1. The minimum absolute atomic E-state index is 0.121. The van der Waals surface area contributed by atoms with E-state index >= 15 is 0 Å². The van der Waals surface area contributed by atoms with Gasteiger partial charge >= 0.3 is 0 Å². The highest BCUT2D eigenvalue weighted by atomic mass is 79.9. The Labute approximate surface area is 125 Å². The number of halogens is 1. The van der Waals surface area contributed by atoms with Gasteiger partial charge in [0.15, 0.2) is 5.78 Å². The van der Waals surface area contributed by atoms with Gasteiger partial charge in [0, 0.05) is 15.6 Å². The molecular weight excluding hydrogens is 318 g/mol. The molecule has 2 N–H and O–H groups in total. The summed E-state index contributed by atoms with van der Waals surface area (Å²) in [5, 5.41) is 0. The fraction of sp³-hybridized carbons (Fsp3) is 0. The van der Waals surface area contributed by atoms with Crippen molar-refractivity contribution in [2.24, 2.45) is 5.73 Å².